The molecule has 3 rings (SSSR count). The Morgan fingerprint density at radius 1 is 0.641 bits per heavy atom. The summed E-state index contributed by atoms with van der Waals surface area (Å²) in [6, 6.07) is 2.10. The Balaban J connectivity index is 1.77. The van der Waals surface area contributed by atoms with Crippen molar-refractivity contribution in [3.05, 3.63) is 36.0 Å². The number of carbonyl (C=O) groups is 11. The van der Waals surface area contributed by atoms with Gasteiger partial charge in [0, 0.05) is 66.1 Å². The fourth-order valence-corrected chi connectivity index (χ4v) is 10.1. The topological polar surface area (TPSA) is 276 Å². The van der Waals surface area contributed by atoms with E-state index >= 15 is 0 Å². The molecule has 1 aromatic heterocycles. The first-order valence-electron chi connectivity index (χ1n) is 28.5. The van der Waals surface area contributed by atoms with Crippen LogP contribution < -0.4 is 31.9 Å². The first kappa shape index (κ1) is 66.4. The Kier molecular flexibility index (Phi) is 26.9. The Bertz CT molecular complexity index is 2430. The van der Waals surface area contributed by atoms with Crippen molar-refractivity contribution in [2.45, 2.75) is 228 Å². The lowest BCUT2D eigenvalue weighted by atomic mass is 9.72. The molecule has 5 amide bonds. The minimum absolute atomic E-state index is 0.00515. The third-order valence-corrected chi connectivity index (χ3v) is 15.6. The van der Waals surface area contributed by atoms with Gasteiger partial charge in [-0.25, -0.2) is 0 Å². The van der Waals surface area contributed by atoms with Crippen molar-refractivity contribution in [3.8, 4) is 0 Å². The maximum Gasteiger partial charge on any atom is 0.246 e. The fraction of sp³-hybridized carbons (Fsp3) is 0.683. The molecule has 2 aromatic rings. The highest BCUT2D eigenvalue weighted by Gasteiger charge is 2.40. The summed E-state index contributed by atoms with van der Waals surface area (Å²) in [6.07, 6.45) is 11.6. The van der Waals surface area contributed by atoms with Gasteiger partial charge in [0.1, 0.15) is 46.8 Å². The summed E-state index contributed by atoms with van der Waals surface area (Å²) < 4.78 is 0. The van der Waals surface area contributed by atoms with Crippen LogP contribution in [0.3, 0.4) is 0 Å². The molecule has 1 fully saturated rings. The molecule has 1 saturated heterocycles. The van der Waals surface area contributed by atoms with Gasteiger partial charge in [0.05, 0.1) is 12.1 Å². The van der Waals surface area contributed by atoms with Crippen LogP contribution >= 0.6 is 0 Å². The van der Waals surface area contributed by atoms with E-state index in [0.29, 0.717) is 25.7 Å². The van der Waals surface area contributed by atoms with E-state index in [1.54, 1.807) is 13.8 Å². The molecule has 2 heterocycles. The molecule has 78 heavy (non-hydrogen) atoms. The summed E-state index contributed by atoms with van der Waals surface area (Å²) in [5, 5.41) is 17.1. The summed E-state index contributed by atoms with van der Waals surface area (Å²) in [6.45, 7) is 19.3. The van der Waals surface area contributed by atoms with Crippen LogP contribution in [-0.4, -0.2) is 112 Å². The van der Waals surface area contributed by atoms with Crippen molar-refractivity contribution in [3.63, 3.8) is 0 Å². The highest BCUT2D eigenvalue weighted by molar-refractivity contribution is 6.41. The normalized spacial score (nSPS) is 23.2. The zero-order valence-corrected chi connectivity index (χ0v) is 48.8. The van der Waals surface area contributed by atoms with Crippen LogP contribution in [0.5, 0.6) is 0 Å². The number of amides is 5. The average Bonchev–Trinajstić information content (AvgIpc) is 3.79. The van der Waals surface area contributed by atoms with Gasteiger partial charge in [-0.3, -0.25) is 52.7 Å². The smallest absolute Gasteiger partial charge is 0.246 e. The molecule has 0 bridgehead atoms. The number of Topliss-reactive ketones (excluding diaryl/α,β-unsaturated/α-hetero) is 6. The molecule has 1 aliphatic heterocycles. The number of carbonyl (C=O) groups excluding carboxylic acids is 11. The van der Waals surface area contributed by atoms with Crippen molar-refractivity contribution in [1.29, 1.82) is 0 Å². The van der Waals surface area contributed by atoms with Crippen molar-refractivity contribution in [2.75, 3.05) is 6.54 Å². The van der Waals surface area contributed by atoms with Crippen LogP contribution in [0.25, 0.3) is 10.9 Å². The average molecular weight is 1090 g/mol. The van der Waals surface area contributed by atoms with Crippen molar-refractivity contribution >= 4 is 75.1 Å². The number of benzene rings is 1. The second kappa shape index (κ2) is 31.6. The van der Waals surface area contributed by atoms with E-state index in [1.165, 1.54) is 48.5 Å². The van der Waals surface area contributed by atoms with E-state index < -0.39 is 94.1 Å². The molecule has 0 aliphatic carbocycles. The van der Waals surface area contributed by atoms with Crippen molar-refractivity contribution < 1.29 is 52.7 Å². The standard InChI is InChI=1S/C60H93N7O11/c1-36(2)30-45-26-27-50(70)46(31-47-35-62-49-25-21-20-24-48(47)49)32-51(71)59(11,33-38(4)68)28-22-18-16-14-13-15-17-19-23-29-60(12,67-57(45)77)58(78)66-43(9)56(76)65-42(8)55(75)64-41(7)54(74)63-40(6)53(73)52(72)39(5)61-34-37(3)44(10)69/h20-21,24-25,35-37,39-43,45-46,61-62H,13-19,22-23,26-34H2,1-12H3,(H,63,74)(H,64,75)(H,65,76)(H,66,78)(H,67,77)/t37-,39-,40-,41?,42-,43?,45-,46+,59-,60-/m0/s1. The lowest BCUT2D eigenvalue weighted by Crippen LogP contribution is -2.61. The van der Waals surface area contributed by atoms with Crippen LogP contribution in [0.2, 0.25) is 0 Å². The van der Waals surface area contributed by atoms with Gasteiger partial charge in [0.2, 0.25) is 41.1 Å². The number of hydrogen-bond acceptors (Lipinski definition) is 12. The Morgan fingerprint density at radius 3 is 1.71 bits per heavy atom. The van der Waals surface area contributed by atoms with Crippen LogP contribution in [-0.2, 0) is 59.2 Å². The zero-order valence-electron chi connectivity index (χ0n) is 48.8. The Hall–Kier alpha value is -5.91. The van der Waals surface area contributed by atoms with Crippen LogP contribution in [0.15, 0.2) is 30.5 Å². The number of aromatic amines is 1. The molecule has 7 N–H and O–H groups in total. The maximum atomic E-state index is 14.6. The molecule has 1 aliphatic rings. The number of rotatable bonds is 21. The number of H-pyrrole nitrogens is 1. The third kappa shape index (κ3) is 21.0. The lowest BCUT2D eigenvalue weighted by molar-refractivity contribution is -0.140. The monoisotopic (exact) mass is 1090 g/mol. The van der Waals surface area contributed by atoms with E-state index in [9.17, 15) is 52.7 Å². The van der Waals surface area contributed by atoms with Gasteiger partial charge in [-0.05, 0) is 105 Å². The van der Waals surface area contributed by atoms with Gasteiger partial charge in [0.25, 0.3) is 0 Å². The van der Waals surface area contributed by atoms with E-state index in [4.69, 9.17) is 0 Å². The molecule has 434 valence electrons. The number of para-hydroxylation sites is 1. The van der Waals surface area contributed by atoms with Gasteiger partial charge in [-0.2, -0.15) is 0 Å². The second-order valence-corrected chi connectivity index (χ2v) is 23.4. The first-order valence-corrected chi connectivity index (χ1v) is 28.5. The Labute approximate surface area is 462 Å². The lowest BCUT2D eigenvalue weighted by Gasteiger charge is -2.33. The van der Waals surface area contributed by atoms with Gasteiger partial charge >= 0.3 is 0 Å². The Morgan fingerprint density at radius 2 is 1.15 bits per heavy atom. The minimum Gasteiger partial charge on any atom is -0.361 e. The molecular formula is C60H93N7O11. The summed E-state index contributed by atoms with van der Waals surface area (Å²) >= 11 is 0. The zero-order chi connectivity index (χ0) is 58.5. The second-order valence-electron chi connectivity index (χ2n) is 23.4. The molecular weight excluding hydrogens is 995 g/mol. The molecule has 18 nitrogen and oxygen atoms in total. The molecule has 18 heteroatoms. The largest absolute Gasteiger partial charge is 0.361 e. The predicted molar refractivity (Wildman–Crippen MR) is 301 cm³/mol. The quantitative estimate of drug-likeness (QED) is 0.0635. The maximum absolute atomic E-state index is 14.6. The number of aromatic nitrogens is 1. The van der Waals surface area contributed by atoms with Gasteiger partial charge in [-0.15, -0.1) is 0 Å². The molecule has 0 spiro atoms. The first-order chi connectivity index (χ1) is 36.6. The van der Waals surface area contributed by atoms with Crippen LogP contribution in [0.4, 0.5) is 0 Å². The number of nitrogens with one attached hydrogen (secondary N) is 7. The predicted octanol–water partition coefficient (Wildman–Crippen LogP) is 6.82. The van der Waals surface area contributed by atoms with Crippen molar-refractivity contribution in [2.24, 2.45) is 29.1 Å². The summed E-state index contributed by atoms with van der Waals surface area (Å²) in [7, 11) is 0. The molecule has 1 aromatic carbocycles. The highest BCUT2D eigenvalue weighted by atomic mass is 16.2. The number of hydrogen-bond donors (Lipinski definition) is 7. The third-order valence-electron chi connectivity index (χ3n) is 15.6. The summed E-state index contributed by atoms with van der Waals surface area (Å²) in [4.78, 5) is 151. The van der Waals surface area contributed by atoms with Crippen molar-refractivity contribution in [1.82, 2.24) is 36.9 Å². The van der Waals surface area contributed by atoms with Gasteiger partial charge < -0.3 is 36.9 Å². The molecule has 0 saturated carbocycles. The number of fused-ring (bicyclic) bond motifs is 1. The fourth-order valence-electron chi connectivity index (χ4n) is 10.1. The SMILES string of the molecule is CC(=O)C[C@]1(C)CCCCCCCCCCC[C@@](C)(C(=O)NC(C)C(=O)N[C@@H](C)C(=O)NC(C)C(=O)N[C@@H](C)C(=O)C(=O)[C@H](C)NC[C@H](C)C(C)=O)NC(=O)[C@H](CC(C)C)CCC(=O)[C@H](Cc2c[nH]c3ccccc23)CC1=O. The van der Waals surface area contributed by atoms with Gasteiger partial charge in [0.15, 0.2) is 0 Å². The van der Waals surface area contributed by atoms with E-state index in [0.717, 1.165) is 67.8 Å². The van der Waals surface area contributed by atoms with Crippen LogP contribution in [0, 0.1) is 29.1 Å². The highest BCUT2D eigenvalue weighted by Crippen LogP contribution is 2.35. The molecule has 10 atom stereocenters. The minimum atomic E-state index is -1.48. The number of ketones is 6. The van der Waals surface area contributed by atoms with E-state index in [-0.39, 0.29) is 73.6 Å². The molecule has 2 unspecified atom stereocenters. The van der Waals surface area contributed by atoms with E-state index in [2.05, 4.69) is 36.9 Å². The van der Waals surface area contributed by atoms with Gasteiger partial charge in [-0.1, -0.05) is 104 Å². The van der Waals surface area contributed by atoms with Crippen LogP contribution in [0.1, 0.15) is 191 Å². The summed E-state index contributed by atoms with van der Waals surface area (Å²) in [5.74, 6) is -7.02. The van der Waals surface area contributed by atoms with E-state index in [1.807, 2.05) is 51.2 Å². The molecule has 0 radical (unpaired) electrons. The summed E-state index contributed by atoms with van der Waals surface area (Å²) in [5.41, 5.74) is -0.591.